The van der Waals surface area contributed by atoms with Gasteiger partial charge in [0, 0.05) is 4.47 Å². The van der Waals surface area contributed by atoms with Gasteiger partial charge in [0.2, 0.25) is 0 Å². The van der Waals surface area contributed by atoms with Gasteiger partial charge in [-0.05, 0) is 29.7 Å². The third kappa shape index (κ3) is 4.47. The van der Waals surface area contributed by atoms with Gasteiger partial charge >= 0.3 is 5.97 Å². The van der Waals surface area contributed by atoms with E-state index in [-0.39, 0.29) is 12.6 Å². The fourth-order valence-corrected chi connectivity index (χ4v) is 2.06. The molecule has 0 aliphatic rings. The Kier molecular flexibility index (Phi) is 5.32. The predicted octanol–water partition coefficient (Wildman–Crippen LogP) is 3.06. The first-order chi connectivity index (χ1) is 9.65. The van der Waals surface area contributed by atoms with Gasteiger partial charge in [0.05, 0.1) is 0 Å². The van der Waals surface area contributed by atoms with Crippen molar-refractivity contribution in [2.75, 3.05) is 0 Å². The zero-order chi connectivity index (χ0) is 14.4. The molecule has 1 atom stereocenters. The van der Waals surface area contributed by atoms with Crippen molar-refractivity contribution >= 4 is 21.9 Å². The van der Waals surface area contributed by atoms with E-state index in [1.165, 1.54) is 0 Å². The van der Waals surface area contributed by atoms with E-state index >= 15 is 0 Å². The topological polar surface area (TPSA) is 52.3 Å². The lowest BCUT2D eigenvalue weighted by atomic mass is 10.1. The molecule has 0 radical (unpaired) electrons. The lowest BCUT2D eigenvalue weighted by molar-refractivity contribution is -0.146. The summed E-state index contributed by atoms with van der Waals surface area (Å²) in [5, 5.41) is 0. The number of benzene rings is 2. The highest BCUT2D eigenvalue weighted by Crippen LogP contribution is 2.11. The van der Waals surface area contributed by atoms with E-state index < -0.39 is 6.04 Å². The monoisotopic (exact) mass is 333 g/mol. The van der Waals surface area contributed by atoms with Crippen molar-refractivity contribution in [3.63, 3.8) is 0 Å². The molecule has 0 bridgehead atoms. The van der Waals surface area contributed by atoms with Crippen molar-refractivity contribution in [3.05, 3.63) is 70.2 Å². The first-order valence-electron chi connectivity index (χ1n) is 6.36. The second-order valence-electron chi connectivity index (χ2n) is 4.53. The van der Waals surface area contributed by atoms with E-state index in [9.17, 15) is 4.79 Å². The van der Waals surface area contributed by atoms with Crippen molar-refractivity contribution in [1.29, 1.82) is 0 Å². The van der Waals surface area contributed by atoms with Crippen LogP contribution in [-0.2, 0) is 22.6 Å². The molecule has 20 heavy (non-hydrogen) atoms. The van der Waals surface area contributed by atoms with Gasteiger partial charge in [-0.15, -0.1) is 0 Å². The molecule has 0 amide bonds. The van der Waals surface area contributed by atoms with Crippen LogP contribution in [0.2, 0.25) is 0 Å². The molecule has 3 nitrogen and oxygen atoms in total. The zero-order valence-corrected chi connectivity index (χ0v) is 12.5. The lowest BCUT2D eigenvalue weighted by Crippen LogP contribution is -2.34. The number of carbonyl (C=O) groups excluding carboxylic acids is 1. The summed E-state index contributed by atoms with van der Waals surface area (Å²) in [5.41, 5.74) is 7.82. The van der Waals surface area contributed by atoms with E-state index in [1.807, 2.05) is 54.6 Å². The summed E-state index contributed by atoms with van der Waals surface area (Å²) in [6.45, 7) is 0.245. The number of nitrogens with two attached hydrogens (primary N) is 1. The lowest BCUT2D eigenvalue weighted by Gasteiger charge is -2.11. The third-order valence-corrected chi connectivity index (χ3v) is 3.42. The summed E-state index contributed by atoms with van der Waals surface area (Å²) >= 11 is 3.36. The Bertz CT molecular complexity index is 554. The molecular formula is C16H16BrNO2. The van der Waals surface area contributed by atoms with Crippen molar-refractivity contribution < 1.29 is 9.53 Å². The molecule has 2 rings (SSSR count). The largest absolute Gasteiger partial charge is 0.460 e. The van der Waals surface area contributed by atoms with E-state index in [0.29, 0.717) is 6.42 Å². The van der Waals surface area contributed by atoms with Gasteiger partial charge in [-0.3, -0.25) is 4.79 Å². The van der Waals surface area contributed by atoms with Crippen molar-refractivity contribution in [1.82, 2.24) is 0 Å². The van der Waals surface area contributed by atoms with Crippen LogP contribution in [0.25, 0.3) is 0 Å². The highest BCUT2D eigenvalue weighted by atomic mass is 79.9. The van der Waals surface area contributed by atoms with Gasteiger partial charge in [-0.2, -0.15) is 0 Å². The predicted molar refractivity (Wildman–Crippen MR) is 82.1 cm³/mol. The SMILES string of the molecule is NC(Cc1ccccc1)C(=O)OCc1ccc(Br)cc1. The Balaban J connectivity index is 1.83. The normalized spacial score (nSPS) is 11.9. The van der Waals surface area contributed by atoms with E-state index in [0.717, 1.165) is 15.6 Å². The summed E-state index contributed by atoms with van der Waals surface area (Å²) in [5.74, 6) is -0.378. The van der Waals surface area contributed by atoms with E-state index in [4.69, 9.17) is 10.5 Å². The number of halogens is 1. The van der Waals surface area contributed by atoms with Crippen LogP contribution in [0.15, 0.2) is 59.1 Å². The minimum absolute atomic E-state index is 0.245. The van der Waals surface area contributed by atoms with Crippen LogP contribution >= 0.6 is 15.9 Å². The smallest absolute Gasteiger partial charge is 0.323 e. The van der Waals surface area contributed by atoms with Gasteiger partial charge in [-0.25, -0.2) is 0 Å². The maximum Gasteiger partial charge on any atom is 0.323 e. The Labute approximate surface area is 126 Å². The molecule has 2 aromatic rings. The number of ether oxygens (including phenoxy) is 1. The molecule has 0 aliphatic carbocycles. The fourth-order valence-electron chi connectivity index (χ4n) is 1.79. The summed E-state index contributed by atoms with van der Waals surface area (Å²) in [4.78, 5) is 11.8. The van der Waals surface area contributed by atoms with Crippen LogP contribution in [0.3, 0.4) is 0 Å². The molecule has 0 saturated heterocycles. The van der Waals surface area contributed by atoms with Crippen LogP contribution in [0.1, 0.15) is 11.1 Å². The van der Waals surface area contributed by atoms with Crippen LogP contribution in [0.5, 0.6) is 0 Å². The fraction of sp³-hybridized carbons (Fsp3) is 0.188. The van der Waals surface area contributed by atoms with Crippen LogP contribution < -0.4 is 5.73 Å². The third-order valence-electron chi connectivity index (χ3n) is 2.90. The Morgan fingerprint density at radius 2 is 1.70 bits per heavy atom. The maximum atomic E-state index is 11.8. The molecule has 0 spiro atoms. The highest BCUT2D eigenvalue weighted by Gasteiger charge is 2.15. The molecule has 0 fully saturated rings. The van der Waals surface area contributed by atoms with Crippen LogP contribution in [0.4, 0.5) is 0 Å². The van der Waals surface area contributed by atoms with Crippen molar-refractivity contribution in [2.24, 2.45) is 5.73 Å². The Hall–Kier alpha value is -1.65. The maximum absolute atomic E-state index is 11.8. The summed E-state index contributed by atoms with van der Waals surface area (Å²) < 4.78 is 6.22. The number of rotatable bonds is 5. The molecule has 0 aromatic heterocycles. The van der Waals surface area contributed by atoms with Gasteiger partial charge in [0.15, 0.2) is 0 Å². The molecule has 0 saturated carbocycles. The number of hydrogen-bond acceptors (Lipinski definition) is 3. The van der Waals surface area contributed by atoms with E-state index in [1.54, 1.807) is 0 Å². The summed E-state index contributed by atoms with van der Waals surface area (Å²) in [7, 11) is 0. The average molecular weight is 334 g/mol. The molecular weight excluding hydrogens is 318 g/mol. The summed E-state index contributed by atoms with van der Waals surface area (Å²) in [6.07, 6.45) is 0.486. The molecule has 2 aromatic carbocycles. The van der Waals surface area contributed by atoms with Crippen molar-refractivity contribution in [3.8, 4) is 0 Å². The molecule has 2 N–H and O–H groups in total. The Morgan fingerprint density at radius 1 is 1.05 bits per heavy atom. The molecule has 4 heteroatoms. The summed E-state index contributed by atoms with van der Waals surface area (Å²) in [6, 6.07) is 16.7. The average Bonchev–Trinajstić information content (AvgIpc) is 2.47. The second kappa shape index (κ2) is 7.22. The molecule has 0 aliphatic heterocycles. The molecule has 0 heterocycles. The van der Waals surface area contributed by atoms with Gasteiger partial charge in [0.25, 0.3) is 0 Å². The molecule has 1 unspecified atom stereocenters. The standard InChI is InChI=1S/C16H16BrNO2/c17-14-8-6-13(7-9-14)11-20-16(19)15(18)10-12-4-2-1-3-5-12/h1-9,15H,10-11,18H2. The van der Waals surface area contributed by atoms with Gasteiger partial charge in [-0.1, -0.05) is 58.4 Å². The number of hydrogen-bond donors (Lipinski definition) is 1. The van der Waals surface area contributed by atoms with Gasteiger partial charge < -0.3 is 10.5 Å². The van der Waals surface area contributed by atoms with Gasteiger partial charge in [0.1, 0.15) is 12.6 Å². The first kappa shape index (κ1) is 14.8. The first-order valence-corrected chi connectivity index (χ1v) is 7.15. The number of esters is 1. The van der Waals surface area contributed by atoms with Crippen molar-refractivity contribution in [2.45, 2.75) is 19.1 Å². The second-order valence-corrected chi connectivity index (χ2v) is 5.45. The molecule has 104 valence electrons. The van der Waals surface area contributed by atoms with Crippen LogP contribution in [0, 0.1) is 0 Å². The number of carbonyl (C=O) groups is 1. The quantitative estimate of drug-likeness (QED) is 0.855. The van der Waals surface area contributed by atoms with Crippen LogP contribution in [-0.4, -0.2) is 12.0 Å². The highest BCUT2D eigenvalue weighted by molar-refractivity contribution is 9.10. The minimum Gasteiger partial charge on any atom is -0.460 e. The zero-order valence-electron chi connectivity index (χ0n) is 11.0. The van der Waals surface area contributed by atoms with E-state index in [2.05, 4.69) is 15.9 Å². The Morgan fingerprint density at radius 3 is 2.35 bits per heavy atom. The minimum atomic E-state index is -0.632.